The van der Waals surface area contributed by atoms with E-state index in [1.165, 1.54) is 18.5 Å². The zero-order valence-electron chi connectivity index (χ0n) is 16.2. The van der Waals surface area contributed by atoms with Gasteiger partial charge in [0.05, 0.1) is 18.2 Å². The quantitative estimate of drug-likeness (QED) is 0.779. The maximum absolute atomic E-state index is 12.5. The Morgan fingerprint density at radius 3 is 2.63 bits per heavy atom. The number of halogens is 1. The van der Waals surface area contributed by atoms with Gasteiger partial charge in [0.2, 0.25) is 0 Å². The second kappa shape index (κ2) is 8.66. The van der Waals surface area contributed by atoms with Crippen LogP contribution >= 0.6 is 11.6 Å². The number of amides is 1. The summed E-state index contributed by atoms with van der Waals surface area (Å²) in [5, 5.41) is 3.46. The van der Waals surface area contributed by atoms with Gasteiger partial charge in [-0.15, -0.1) is 0 Å². The molecule has 4 nitrogen and oxygen atoms in total. The SMILES string of the molecule is COc1ccc(C(=O)N[C@H](C)c2ccc(N3CCC[C@H](C)C3)cc2)cc1Cl. The van der Waals surface area contributed by atoms with Crippen molar-refractivity contribution in [2.45, 2.75) is 32.7 Å². The van der Waals surface area contributed by atoms with Crippen LogP contribution in [0.25, 0.3) is 0 Å². The molecule has 3 rings (SSSR count). The monoisotopic (exact) mass is 386 g/mol. The molecule has 2 aromatic carbocycles. The second-order valence-corrected chi connectivity index (χ2v) is 7.74. The van der Waals surface area contributed by atoms with Crippen LogP contribution in [0.5, 0.6) is 5.75 Å². The molecule has 0 saturated carbocycles. The van der Waals surface area contributed by atoms with Gasteiger partial charge in [0.25, 0.3) is 5.91 Å². The molecule has 1 heterocycles. The number of carbonyl (C=O) groups excluding carboxylic acids is 1. The molecule has 5 heteroatoms. The Kier molecular flexibility index (Phi) is 6.27. The highest BCUT2D eigenvalue weighted by Crippen LogP contribution is 2.26. The molecule has 1 amide bonds. The molecule has 27 heavy (non-hydrogen) atoms. The Morgan fingerprint density at radius 2 is 2.00 bits per heavy atom. The van der Waals surface area contributed by atoms with E-state index in [1.54, 1.807) is 25.3 Å². The molecule has 1 aliphatic heterocycles. The van der Waals surface area contributed by atoms with Crippen LogP contribution in [0.3, 0.4) is 0 Å². The number of carbonyl (C=O) groups is 1. The Hall–Kier alpha value is -2.20. The summed E-state index contributed by atoms with van der Waals surface area (Å²) in [6.07, 6.45) is 2.56. The van der Waals surface area contributed by atoms with E-state index >= 15 is 0 Å². The molecule has 1 aliphatic rings. The molecular formula is C22H27ClN2O2. The highest BCUT2D eigenvalue weighted by atomic mass is 35.5. The standard InChI is InChI=1S/C22H27ClN2O2/c1-15-5-4-12-25(14-15)19-9-6-17(7-10-19)16(2)24-22(26)18-8-11-21(27-3)20(23)13-18/h6-11,13,15-16H,4-5,12,14H2,1-3H3,(H,24,26)/t15-,16+/m0/s1. The minimum absolute atomic E-state index is 0.0901. The maximum atomic E-state index is 12.5. The van der Waals surface area contributed by atoms with E-state index in [0.717, 1.165) is 24.6 Å². The average Bonchev–Trinajstić information content (AvgIpc) is 2.68. The Balaban J connectivity index is 1.64. The molecule has 2 aromatic rings. The first-order chi connectivity index (χ1) is 13.0. The van der Waals surface area contributed by atoms with Crippen molar-refractivity contribution in [1.29, 1.82) is 0 Å². The van der Waals surface area contributed by atoms with Crippen molar-refractivity contribution in [3.63, 3.8) is 0 Å². The van der Waals surface area contributed by atoms with Crippen LogP contribution in [0.15, 0.2) is 42.5 Å². The highest BCUT2D eigenvalue weighted by Gasteiger charge is 2.17. The van der Waals surface area contributed by atoms with E-state index in [1.807, 2.05) is 6.92 Å². The summed E-state index contributed by atoms with van der Waals surface area (Å²) in [4.78, 5) is 15.0. The van der Waals surface area contributed by atoms with Crippen LogP contribution in [-0.2, 0) is 0 Å². The van der Waals surface area contributed by atoms with Crippen LogP contribution < -0.4 is 15.0 Å². The first-order valence-corrected chi connectivity index (χ1v) is 9.85. The number of rotatable bonds is 5. The Labute approximate surface area is 166 Å². The van der Waals surface area contributed by atoms with Crippen LogP contribution in [0.1, 0.15) is 48.7 Å². The third-order valence-electron chi connectivity index (χ3n) is 5.18. The number of nitrogens with one attached hydrogen (secondary N) is 1. The molecule has 0 aliphatic carbocycles. The minimum Gasteiger partial charge on any atom is -0.495 e. The lowest BCUT2D eigenvalue weighted by Gasteiger charge is -2.33. The fourth-order valence-corrected chi connectivity index (χ4v) is 3.83. The van der Waals surface area contributed by atoms with Crippen molar-refractivity contribution in [3.05, 3.63) is 58.6 Å². The van der Waals surface area contributed by atoms with Crippen LogP contribution in [0.4, 0.5) is 5.69 Å². The number of nitrogens with zero attached hydrogens (tertiary/aromatic N) is 1. The molecule has 0 spiro atoms. The van der Waals surface area contributed by atoms with Crippen LogP contribution in [0.2, 0.25) is 5.02 Å². The largest absolute Gasteiger partial charge is 0.495 e. The Bertz CT molecular complexity index is 791. The molecule has 1 fully saturated rings. The summed E-state index contributed by atoms with van der Waals surface area (Å²) < 4.78 is 5.13. The van der Waals surface area contributed by atoms with Gasteiger partial charge in [-0.2, -0.15) is 0 Å². The van der Waals surface area contributed by atoms with E-state index in [2.05, 4.69) is 41.4 Å². The molecule has 1 N–H and O–H groups in total. The predicted octanol–water partition coefficient (Wildman–Crippen LogP) is 5.08. The van der Waals surface area contributed by atoms with Gasteiger partial charge < -0.3 is 15.0 Å². The van der Waals surface area contributed by atoms with Crippen molar-refractivity contribution in [2.24, 2.45) is 5.92 Å². The summed E-state index contributed by atoms with van der Waals surface area (Å²) in [6.45, 7) is 6.53. The average molecular weight is 387 g/mol. The lowest BCUT2D eigenvalue weighted by molar-refractivity contribution is 0.0940. The van der Waals surface area contributed by atoms with Gasteiger partial charge in [0.1, 0.15) is 5.75 Å². The predicted molar refractivity (Wildman–Crippen MR) is 111 cm³/mol. The maximum Gasteiger partial charge on any atom is 0.251 e. The summed E-state index contributed by atoms with van der Waals surface area (Å²) in [6, 6.07) is 13.5. The van der Waals surface area contributed by atoms with Crippen molar-refractivity contribution >= 4 is 23.2 Å². The summed E-state index contributed by atoms with van der Waals surface area (Å²) in [5.41, 5.74) is 2.86. The third kappa shape index (κ3) is 4.75. The van der Waals surface area contributed by atoms with Gasteiger partial charge in [-0.3, -0.25) is 4.79 Å². The van der Waals surface area contributed by atoms with Gasteiger partial charge in [0, 0.05) is 24.3 Å². The summed E-state index contributed by atoms with van der Waals surface area (Å²) in [7, 11) is 1.55. The van der Waals surface area contributed by atoms with Gasteiger partial charge >= 0.3 is 0 Å². The number of hydrogen-bond donors (Lipinski definition) is 1. The minimum atomic E-state index is -0.152. The number of methoxy groups -OCH3 is 1. The van der Waals surface area contributed by atoms with Crippen LogP contribution in [0, 0.1) is 5.92 Å². The molecule has 0 bridgehead atoms. The lowest BCUT2D eigenvalue weighted by atomic mass is 9.99. The molecule has 0 unspecified atom stereocenters. The smallest absolute Gasteiger partial charge is 0.251 e. The molecule has 144 valence electrons. The van der Waals surface area contributed by atoms with Gasteiger partial charge in [0.15, 0.2) is 0 Å². The van der Waals surface area contributed by atoms with E-state index < -0.39 is 0 Å². The van der Waals surface area contributed by atoms with Gasteiger partial charge in [-0.25, -0.2) is 0 Å². The zero-order chi connectivity index (χ0) is 19.4. The fraction of sp³-hybridized carbons (Fsp3) is 0.409. The molecule has 0 radical (unpaired) electrons. The van der Waals surface area contributed by atoms with Crippen molar-refractivity contribution < 1.29 is 9.53 Å². The van der Waals surface area contributed by atoms with Gasteiger partial charge in [-0.05, 0) is 61.6 Å². The van der Waals surface area contributed by atoms with Crippen LogP contribution in [-0.4, -0.2) is 26.1 Å². The molecule has 0 aromatic heterocycles. The molecule has 2 atom stereocenters. The Morgan fingerprint density at radius 1 is 1.26 bits per heavy atom. The highest BCUT2D eigenvalue weighted by molar-refractivity contribution is 6.32. The second-order valence-electron chi connectivity index (χ2n) is 7.33. The van der Waals surface area contributed by atoms with E-state index in [9.17, 15) is 4.79 Å². The zero-order valence-corrected chi connectivity index (χ0v) is 16.9. The summed E-state index contributed by atoms with van der Waals surface area (Å²) >= 11 is 6.12. The normalized spacial score (nSPS) is 18.1. The van der Waals surface area contributed by atoms with Crippen molar-refractivity contribution in [3.8, 4) is 5.75 Å². The fourth-order valence-electron chi connectivity index (χ4n) is 3.57. The number of benzene rings is 2. The molecular weight excluding hydrogens is 360 g/mol. The lowest BCUT2D eigenvalue weighted by Crippen LogP contribution is -2.34. The van der Waals surface area contributed by atoms with E-state index in [0.29, 0.717) is 16.3 Å². The topological polar surface area (TPSA) is 41.6 Å². The van der Waals surface area contributed by atoms with Crippen molar-refractivity contribution in [2.75, 3.05) is 25.1 Å². The first-order valence-electron chi connectivity index (χ1n) is 9.47. The summed E-state index contributed by atoms with van der Waals surface area (Å²) in [5.74, 6) is 1.15. The first kappa shape index (κ1) is 19.6. The molecule has 1 saturated heterocycles. The number of piperidine rings is 1. The van der Waals surface area contributed by atoms with E-state index in [4.69, 9.17) is 16.3 Å². The number of hydrogen-bond acceptors (Lipinski definition) is 3. The third-order valence-corrected chi connectivity index (χ3v) is 5.47. The van der Waals surface area contributed by atoms with Crippen molar-refractivity contribution in [1.82, 2.24) is 5.32 Å². The number of ether oxygens (including phenoxy) is 1. The van der Waals surface area contributed by atoms with Gasteiger partial charge in [-0.1, -0.05) is 30.7 Å². The van der Waals surface area contributed by atoms with E-state index in [-0.39, 0.29) is 11.9 Å². The number of anilines is 1.